The molecule has 0 unspecified atom stereocenters. The average Bonchev–Trinajstić information content (AvgIpc) is 2.94. The van der Waals surface area contributed by atoms with Gasteiger partial charge in [-0.05, 0) is 60.2 Å². The first kappa shape index (κ1) is 26.9. The Hall–Kier alpha value is -4.66. The third kappa shape index (κ3) is 6.94. The largest absolute Gasteiger partial charge is 0.493 e. The van der Waals surface area contributed by atoms with E-state index in [0.29, 0.717) is 51.3 Å². The van der Waals surface area contributed by atoms with E-state index in [1.807, 2.05) is 0 Å². The number of benzene rings is 3. The number of hydrogen-bond acceptors (Lipinski definition) is 8. The van der Waals surface area contributed by atoms with Gasteiger partial charge >= 0.3 is 0 Å². The van der Waals surface area contributed by atoms with Gasteiger partial charge in [-0.2, -0.15) is 0 Å². The molecule has 3 rings (SSSR count). The highest BCUT2D eigenvalue weighted by atomic mass is 16.5. The summed E-state index contributed by atoms with van der Waals surface area (Å²) in [5.41, 5.74) is 1.72. The van der Waals surface area contributed by atoms with Crippen LogP contribution in [0.4, 0.5) is 5.69 Å². The molecule has 0 aromatic heterocycles. The highest BCUT2D eigenvalue weighted by Crippen LogP contribution is 2.38. The molecule has 0 saturated heterocycles. The van der Waals surface area contributed by atoms with Crippen LogP contribution in [0, 0.1) is 0 Å². The number of methoxy groups -OCH3 is 5. The molecule has 194 valence electrons. The number of ketones is 1. The number of carbonyl (C=O) groups is 2. The van der Waals surface area contributed by atoms with Crippen LogP contribution in [0.3, 0.4) is 0 Å². The first-order chi connectivity index (χ1) is 17.9. The Morgan fingerprint density at radius 1 is 0.730 bits per heavy atom. The van der Waals surface area contributed by atoms with Crippen molar-refractivity contribution in [3.63, 3.8) is 0 Å². The summed E-state index contributed by atoms with van der Waals surface area (Å²) in [4.78, 5) is 24.9. The van der Waals surface area contributed by atoms with Crippen LogP contribution in [0.25, 0.3) is 6.08 Å². The SMILES string of the molecule is COc1ccc(NC(=O)COc2ccc(C(=O)/C=C/c3cc(OC)c(OC)c(OC)c3)cc2)cc1OC. The van der Waals surface area contributed by atoms with Gasteiger partial charge in [0.05, 0.1) is 35.5 Å². The summed E-state index contributed by atoms with van der Waals surface area (Å²) in [5, 5.41) is 2.74. The van der Waals surface area contributed by atoms with Gasteiger partial charge in [-0.15, -0.1) is 0 Å². The third-order valence-electron chi connectivity index (χ3n) is 5.29. The second kappa shape index (κ2) is 12.9. The van der Waals surface area contributed by atoms with Crippen LogP contribution in [0.1, 0.15) is 15.9 Å². The molecule has 0 radical (unpaired) electrons. The molecule has 37 heavy (non-hydrogen) atoms. The summed E-state index contributed by atoms with van der Waals surface area (Å²) in [6.45, 7) is -0.206. The Kier molecular flexibility index (Phi) is 9.37. The van der Waals surface area contributed by atoms with Crippen molar-refractivity contribution in [3.05, 3.63) is 71.8 Å². The van der Waals surface area contributed by atoms with Gasteiger partial charge in [0.2, 0.25) is 5.75 Å². The fourth-order valence-electron chi connectivity index (χ4n) is 3.44. The summed E-state index contributed by atoms with van der Waals surface area (Å²) in [6, 6.07) is 15.1. The maximum absolute atomic E-state index is 12.6. The predicted molar refractivity (Wildman–Crippen MR) is 140 cm³/mol. The summed E-state index contributed by atoms with van der Waals surface area (Å²) >= 11 is 0. The van der Waals surface area contributed by atoms with Crippen molar-refractivity contribution in [2.45, 2.75) is 0 Å². The number of allylic oxidation sites excluding steroid dienone is 1. The number of hydrogen-bond donors (Lipinski definition) is 1. The lowest BCUT2D eigenvalue weighted by Crippen LogP contribution is -2.20. The number of anilines is 1. The van der Waals surface area contributed by atoms with Crippen LogP contribution < -0.4 is 33.7 Å². The Morgan fingerprint density at radius 3 is 1.92 bits per heavy atom. The van der Waals surface area contributed by atoms with Crippen molar-refractivity contribution in [2.75, 3.05) is 47.5 Å². The van der Waals surface area contributed by atoms with Gasteiger partial charge in [0.15, 0.2) is 35.4 Å². The molecular formula is C28H29NO8. The van der Waals surface area contributed by atoms with E-state index in [-0.39, 0.29) is 18.3 Å². The molecule has 0 saturated carbocycles. The van der Waals surface area contributed by atoms with E-state index in [9.17, 15) is 9.59 Å². The maximum Gasteiger partial charge on any atom is 0.262 e. The topological polar surface area (TPSA) is 102 Å². The van der Waals surface area contributed by atoms with E-state index in [4.69, 9.17) is 28.4 Å². The van der Waals surface area contributed by atoms with Crippen molar-refractivity contribution in [2.24, 2.45) is 0 Å². The monoisotopic (exact) mass is 507 g/mol. The fraction of sp³-hybridized carbons (Fsp3) is 0.214. The fourth-order valence-corrected chi connectivity index (χ4v) is 3.44. The van der Waals surface area contributed by atoms with Crippen LogP contribution in [0.5, 0.6) is 34.5 Å². The van der Waals surface area contributed by atoms with E-state index in [1.54, 1.807) is 60.7 Å². The maximum atomic E-state index is 12.6. The lowest BCUT2D eigenvalue weighted by Gasteiger charge is -2.12. The average molecular weight is 508 g/mol. The zero-order chi connectivity index (χ0) is 26.8. The van der Waals surface area contributed by atoms with E-state index < -0.39 is 0 Å². The second-order valence-electron chi connectivity index (χ2n) is 7.59. The number of amides is 1. The standard InChI is InChI=1S/C28H29NO8/c1-32-23-13-9-20(16-24(23)33-2)29-27(31)17-37-21-10-7-19(8-11-21)22(30)12-6-18-14-25(34-3)28(36-5)26(15-18)35-4/h6-16H,17H2,1-5H3,(H,29,31)/b12-6+. The molecule has 0 atom stereocenters. The molecule has 0 spiro atoms. The van der Waals surface area contributed by atoms with Crippen LogP contribution in [-0.4, -0.2) is 53.8 Å². The molecule has 1 N–H and O–H groups in total. The molecule has 0 heterocycles. The molecule has 0 aliphatic carbocycles. The molecule has 9 heteroatoms. The molecule has 9 nitrogen and oxygen atoms in total. The van der Waals surface area contributed by atoms with Gasteiger partial charge in [-0.1, -0.05) is 6.08 Å². The van der Waals surface area contributed by atoms with E-state index in [2.05, 4.69) is 5.32 Å². The van der Waals surface area contributed by atoms with Crippen molar-refractivity contribution in [3.8, 4) is 34.5 Å². The van der Waals surface area contributed by atoms with Gasteiger partial charge in [0.25, 0.3) is 5.91 Å². The Bertz CT molecular complexity index is 1240. The molecule has 0 aliphatic heterocycles. The van der Waals surface area contributed by atoms with Gasteiger partial charge in [-0.25, -0.2) is 0 Å². The third-order valence-corrected chi connectivity index (χ3v) is 5.29. The summed E-state index contributed by atoms with van der Waals surface area (Å²) in [7, 11) is 7.63. The van der Waals surface area contributed by atoms with Gasteiger partial charge in [-0.3, -0.25) is 9.59 Å². The van der Waals surface area contributed by atoms with Crippen LogP contribution in [0.2, 0.25) is 0 Å². The molecule has 0 aliphatic rings. The number of nitrogens with one attached hydrogen (secondary N) is 1. The minimum Gasteiger partial charge on any atom is -0.493 e. The number of carbonyl (C=O) groups excluding carboxylic acids is 2. The number of rotatable bonds is 12. The minimum absolute atomic E-state index is 0.202. The van der Waals surface area contributed by atoms with Crippen molar-refractivity contribution in [1.82, 2.24) is 0 Å². The van der Waals surface area contributed by atoms with Gasteiger partial charge in [0.1, 0.15) is 5.75 Å². The van der Waals surface area contributed by atoms with Gasteiger partial charge in [0, 0.05) is 17.3 Å². The lowest BCUT2D eigenvalue weighted by molar-refractivity contribution is -0.118. The van der Waals surface area contributed by atoms with E-state index in [0.717, 1.165) is 0 Å². The van der Waals surface area contributed by atoms with Crippen LogP contribution in [-0.2, 0) is 4.79 Å². The summed E-state index contributed by atoms with van der Waals surface area (Å²) in [5.74, 6) is 2.42. The smallest absolute Gasteiger partial charge is 0.262 e. The van der Waals surface area contributed by atoms with E-state index >= 15 is 0 Å². The van der Waals surface area contributed by atoms with E-state index in [1.165, 1.54) is 41.6 Å². The minimum atomic E-state index is -0.347. The van der Waals surface area contributed by atoms with Crippen LogP contribution >= 0.6 is 0 Å². The Labute approximate surface area is 215 Å². The number of ether oxygens (including phenoxy) is 6. The quantitative estimate of drug-likeness (QED) is 0.279. The molecule has 0 bridgehead atoms. The first-order valence-corrected chi connectivity index (χ1v) is 11.2. The Balaban J connectivity index is 1.58. The Morgan fingerprint density at radius 2 is 1.35 bits per heavy atom. The molecule has 1 amide bonds. The van der Waals surface area contributed by atoms with Gasteiger partial charge < -0.3 is 33.7 Å². The molecule has 0 fully saturated rings. The normalized spacial score (nSPS) is 10.5. The summed E-state index contributed by atoms with van der Waals surface area (Å²) < 4.78 is 32.0. The first-order valence-electron chi connectivity index (χ1n) is 11.2. The predicted octanol–water partition coefficient (Wildman–Crippen LogP) is 4.64. The molecule has 3 aromatic rings. The van der Waals surface area contributed by atoms with Crippen molar-refractivity contribution in [1.29, 1.82) is 0 Å². The zero-order valence-corrected chi connectivity index (χ0v) is 21.3. The van der Waals surface area contributed by atoms with Crippen molar-refractivity contribution >= 4 is 23.5 Å². The summed E-state index contributed by atoms with van der Waals surface area (Å²) in [6.07, 6.45) is 3.11. The highest BCUT2D eigenvalue weighted by molar-refractivity contribution is 6.07. The van der Waals surface area contributed by atoms with Crippen molar-refractivity contribution < 1.29 is 38.0 Å². The second-order valence-corrected chi connectivity index (χ2v) is 7.59. The lowest BCUT2D eigenvalue weighted by atomic mass is 10.1. The van der Waals surface area contributed by atoms with Crippen LogP contribution in [0.15, 0.2) is 60.7 Å². The zero-order valence-electron chi connectivity index (χ0n) is 21.3. The highest BCUT2D eigenvalue weighted by Gasteiger charge is 2.13. The molecular weight excluding hydrogens is 478 g/mol. The molecule has 3 aromatic carbocycles.